The molecule has 1 aromatic carbocycles. The number of carboxylic acid groups (broad SMARTS) is 1. The van der Waals surface area contributed by atoms with Crippen molar-refractivity contribution in [2.24, 2.45) is 0 Å². The Morgan fingerprint density at radius 3 is 1.62 bits per heavy atom. The summed E-state index contributed by atoms with van der Waals surface area (Å²) in [5.74, 6) is -1.42. The van der Waals surface area contributed by atoms with E-state index in [2.05, 4.69) is 26.1 Å². The van der Waals surface area contributed by atoms with Crippen molar-refractivity contribution in [3.05, 3.63) is 29.8 Å². The summed E-state index contributed by atoms with van der Waals surface area (Å²) in [6, 6.07) is 5.76. The Hall–Kier alpha value is -1.04. The summed E-state index contributed by atoms with van der Waals surface area (Å²) in [5, 5.41) is 12.9. The minimum atomic E-state index is -1.23. The van der Waals surface area contributed by atoms with E-state index in [-0.39, 0.29) is 11.5 Å². The zero-order valence-corrected chi connectivity index (χ0v) is 19.8. The first-order chi connectivity index (χ1) is 12.4. The Kier molecular flexibility index (Phi) is 15.5. The van der Waals surface area contributed by atoms with Gasteiger partial charge >= 0.3 is 92.4 Å². The molecular formula is C21H35NO3Sn. The first kappa shape index (κ1) is 25.0. The molecule has 146 valence electrons. The van der Waals surface area contributed by atoms with E-state index >= 15 is 0 Å². The molecule has 0 atom stereocenters. The van der Waals surface area contributed by atoms with Crippen LogP contribution in [0.1, 0.15) is 76.6 Å². The van der Waals surface area contributed by atoms with Gasteiger partial charge in [-0.25, -0.2) is 0 Å². The maximum atomic E-state index is 10.6. The number of carbonyl (C=O) groups is 2. The van der Waals surface area contributed by atoms with E-state index in [9.17, 15) is 14.7 Å². The number of carbonyl (C=O) groups excluding carboxylic acids is 2. The zero-order chi connectivity index (χ0) is 19.8. The fourth-order valence-corrected chi connectivity index (χ4v) is 12.0. The fourth-order valence-electron chi connectivity index (χ4n) is 2.55. The molecule has 0 unspecified atom stereocenters. The topological polar surface area (TPSA) is 69.2 Å². The summed E-state index contributed by atoms with van der Waals surface area (Å²) >= 11 is -0.839. The minimum absolute atomic E-state index is 0.0918. The number of rotatable bonds is 11. The summed E-state index contributed by atoms with van der Waals surface area (Å²) in [7, 11) is 0. The Morgan fingerprint density at radius 2 is 1.31 bits per heavy atom. The van der Waals surface area contributed by atoms with Crippen molar-refractivity contribution in [2.75, 3.05) is 5.32 Å². The number of anilines is 1. The number of benzene rings is 1. The van der Waals surface area contributed by atoms with Gasteiger partial charge in [-0.15, -0.1) is 0 Å². The van der Waals surface area contributed by atoms with Crippen LogP contribution in [0, 0.1) is 0 Å². The van der Waals surface area contributed by atoms with Crippen molar-refractivity contribution in [2.45, 2.75) is 79.5 Å². The first-order valence-electron chi connectivity index (χ1n) is 9.87. The van der Waals surface area contributed by atoms with E-state index in [1.165, 1.54) is 69.7 Å². The standard InChI is InChI=1S/C9H9NO3.3C4H9.Sn/c1-6(11)10-8-4-2-7(3-5-8)9(12)13;3*1-3-4-2;/h2-5H,1H3,(H,10,11)(H,12,13);3*1,3-4H2,2H3;/q;;;;+1/p-1. The molecule has 0 bridgehead atoms. The molecule has 0 saturated carbocycles. The summed E-state index contributed by atoms with van der Waals surface area (Å²) < 4.78 is 5.04. The third kappa shape index (κ3) is 13.2. The van der Waals surface area contributed by atoms with Crippen LogP contribution in [-0.4, -0.2) is 31.6 Å². The van der Waals surface area contributed by atoms with Gasteiger partial charge in [-0.2, -0.15) is 0 Å². The van der Waals surface area contributed by atoms with E-state index in [4.69, 9.17) is 0 Å². The van der Waals surface area contributed by atoms with Gasteiger partial charge in [0.2, 0.25) is 5.91 Å². The summed E-state index contributed by atoms with van der Waals surface area (Å²) in [6.45, 7) is 8.38. The first-order valence-corrected chi connectivity index (χ1v) is 15.9. The monoisotopic (exact) mass is 469 g/mol. The van der Waals surface area contributed by atoms with Gasteiger partial charge in [0.1, 0.15) is 0 Å². The molecule has 0 aliphatic heterocycles. The molecular weight excluding hydrogens is 433 g/mol. The van der Waals surface area contributed by atoms with Crippen molar-refractivity contribution in [3.63, 3.8) is 0 Å². The van der Waals surface area contributed by atoms with Crippen LogP contribution in [0.4, 0.5) is 5.69 Å². The number of nitrogens with one attached hydrogen (secondary N) is 1. The van der Waals surface area contributed by atoms with Gasteiger partial charge in [-0.1, -0.05) is 12.1 Å². The Balaban J connectivity index is 0.000000481. The Labute approximate surface area is 166 Å². The Morgan fingerprint density at radius 1 is 0.885 bits per heavy atom. The molecule has 0 aromatic heterocycles. The second-order valence-corrected chi connectivity index (χ2v) is 15.2. The molecule has 0 aliphatic carbocycles. The van der Waals surface area contributed by atoms with Crippen LogP contribution < -0.4 is 10.4 Å². The van der Waals surface area contributed by atoms with Gasteiger partial charge in [0.15, 0.2) is 0 Å². The van der Waals surface area contributed by atoms with Gasteiger partial charge < -0.3 is 15.2 Å². The average molecular weight is 468 g/mol. The molecule has 26 heavy (non-hydrogen) atoms. The number of hydrogen-bond donors (Lipinski definition) is 1. The second-order valence-electron chi connectivity index (χ2n) is 6.61. The number of carboxylic acids is 1. The summed E-state index contributed by atoms with van der Waals surface area (Å²) in [5.41, 5.74) is 0.659. The number of unbranched alkanes of at least 4 members (excludes halogenated alkanes) is 3. The Bertz CT molecular complexity index is 483. The molecule has 0 saturated heterocycles. The number of aromatic carboxylic acids is 1. The molecule has 1 rings (SSSR count). The van der Waals surface area contributed by atoms with Crippen molar-refractivity contribution in [3.8, 4) is 0 Å². The third-order valence-electron chi connectivity index (χ3n) is 4.09. The van der Waals surface area contributed by atoms with Crippen LogP contribution in [-0.2, 0) is 4.79 Å². The van der Waals surface area contributed by atoms with Gasteiger partial charge in [0.05, 0.1) is 5.97 Å². The quantitative estimate of drug-likeness (QED) is 0.471. The van der Waals surface area contributed by atoms with Gasteiger partial charge in [-0.05, 0) is 17.7 Å². The van der Waals surface area contributed by atoms with Crippen LogP contribution in [0.3, 0.4) is 0 Å². The van der Waals surface area contributed by atoms with Crippen molar-refractivity contribution in [1.29, 1.82) is 0 Å². The number of amides is 1. The molecule has 1 amide bonds. The molecule has 0 heterocycles. The van der Waals surface area contributed by atoms with Crippen LogP contribution in [0.5, 0.6) is 0 Å². The van der Waals surface area contributed by atoms with Crippen molar-refractivity contribution < 1.29 is 14.7 Å². The van der Waals surface area contributed by atoms with E-state index in [0.717, 1.165) is 0 Å². The van der Waals surface area contributed by atoms with E-state index in [1.807, 2.05) is 0 Å². The predicted molar refractivity (Wildman–Crippen MR) is 110 cm³/mol. The maximum absolute atomic E-state index is 10.6. The molecule has 0 radical (unpaired) electrons. The van der Waals surface area contributed by atoms with Gasteiger partial charge in [0.25, 0.3) is 0 Å². The number of hydrogen-bond acceptors (Lipinski definition) is 3. The molecule has 0 aliphatic rings. The fraction of sp³-hybridized carbons (Fsp3) is 0.619. The van der Waals surface area contributed by atoms with E-state index in [0.29, 0.717) is 5.69 Å². The third-order valence-corrected chi connectivity index (χ3v) is 13.2. The van der Waals surface area contributed by atoms with Crippen LogP contribution in [0.25, 0.3) is 0 Å². The molecule has 0 fully saturated rings. The van der Waals surface area contributed by atoms with Crippen molar-refractivity contribution >= 4 is 37.3 Å². The van der Waals surface area contributed by atoms with Gasteiger partial charge in [-0.3, -0.25) is 4.79 Å². The molecule has 0 spiro atoms. The van der Waals surface area contributed by atoms with Crippen LogP contribution in [0.15, 0.2) is 24.3 Å². The summed E-state index contributed by atoms with van der Waals surface area (Å²) in [4.78, 5) is 20.9. The molecule has 1 N–H and O–H groups in total. The average Bonchev–Trinajstić information content (AvgIpc) is 2.61. The van der Waals surface area contributed by atoms with Crippen molar-refractivity contribution in [1.82, 2.24) is 0 Å². The predicted octanol–water partition coefficient (Wildman–Crippen LogP) is 4.89. The summed E-state index contributed by atoms with van der Waals surface area (Å²) in [6.07, 6.45) is 8.85. The zero-order valence-electron chi connectivity index (χ0n) is 16.9. The van der Waals surface area contributed by atoms with E-state index in [1.54, 1.807) is 13.3 Å². The SMILES string of the molecule is CC(=O)Nc1ccc(C(=O)[O-])cc1.CCC[CH2][Sn+]([CH2]CCC)[CH2]CCC. The van der Waals surface area contributed by atoms with Crippen LogP contribution >= 0.6 is 0 Å². The van der Waals surface area contributed by atoms with E-state index < -0.39 is 25.7 Å². The van der Waals surface area contributed by atoms with Crippen LogP contribution in [0.2, 0.25) is 13.3 Å². The molecule has 5 heteroatoms. The molecule has 1 aromatic rings. The second kappa shape index (κ2) is 16.2. The van der Waals surface area contributed by atoms with Gasteiger partial charge in [0, 0.05) is 12.6 Å². The normalized spacial score (nSPS) is 9.85. The molecule has 4 nitrogen and oxygen atoms in total.